The second-order valence-corrected chi connectivity index (χ2v) is 6.08. The molecule has 0 saturated carbocycles. The summed E-state index contributed by atoms with van der Waals surface area (Å²) in [5.74, 6) is 0. The van der Waals surface area contributed by atoms with Crippen molar-refractivity contribution in [2.45, 2.75) is 37.8 Å². The molecule has 1 aliphatic rings. The Labute approximate surface area is 141 Å². The molecule has 0 radical (unpaired) electrons. The van der Waals surface area contributed by atoms with Gasteiger partial charge < -0.3 is 25.4 Å². The van der Waals surface area contributed by atoms with E-state index in [9.17, 15) is 20.1 Å². The van der Waals surface area contributed by atoms with Crippen LogP contribution in [0, 0.1) is 0 Å². The molecule has 2 rings (SSSR count). The van der Waals surface area contributed by atoms with Crippen LogP contribution in [0.15, 0.2) is 30.3 Å². The highest BCUT2D eigenvalue weighted by Gasteiger charge is 2.32. The van der Waals surface area contributed by atoms with Gasteiger partial charge >= 0.3 is 6.09 Å². The van der Waals surface area contributed by atoms with Crippen LogP contribution in [0.3, 0.4) is 0 Å². The van der Waals surface area contributed by atoms with Crippen molar-refractivity contribution in [3.63, 3.8) is 0 Å². The zero-order chi connectivity index (χ0) is 17.4. The Hall–Kier alpha value is -1.67. The number of aliphatic hydroxyl groups excluding tert-OH is 3. The number of amides is 1. The maximum absolute atomic E-state index is 11.6. The molecule has 7 heteroatoms. The monoisotopic (exact) mass is 338 g/mol. The topological polar surface area (TPSA) is 102 Å². The molecule has 4 N–H and O–H groups in total. The number of rotatable bonds is 7. The minimum absolute atomic E-state index is 0.249. The Kier molecular flexibility index (Phi) is 7.45. The van der Waals surface area contributed by atoms with Crippen LogP contribution in [0.4, 0.5) is 4.79 Å². The number of hydrogen-bond donors (Lipinski definition) is 4. The largest absolute Gasteiger partial charge is 0.445 e. The number of aliphatic hydroxyl groups is 3. The van der Waals surface area contributed by atoms with E-state index in [2.05, 4.69) is 5.32 Å². The predicted molar refractivity (Wildman–Crippen MR) is 88.3 cm³/mol. The van der Waals surface area contributed by atoms with Crippen molar-refractivity contribution in [1.82, 2.24) is 10.2 Å². The molecular formula is C17H26N2O5. The fourth-order valence-electron chi connectivity index (χ4n) is 2.68. The predicted octanol–water partition coefficient (Wildman–Crippen LogP) is 0.0913. The van der Waals surface area contributed by atoms with Crippen molar-refractivity contribution in [3.05, 3.63) is 35.9 Å². The molecule has 2 atom stereocenters. The first kappa shape index (κ1) is 18.7. The Balaban J connectivity index is 1.52. The van der Waals surface area contributed by atoms with Gasteiger partial charge in [0.25, 0.3) is 0 Å². The van der Waals surface area contributed by atoms with Crippen molar-refractivity contribution in [2.24, 2.45) is 0 Å². The van der Waals surface area contributed by atoms with E-state index in [-0.39, 0.29) is 6.61 Å². The number of alkyl carbamates (subject to hydrolysis) is 1. The molecule has 0 bridgehead atoms. The second kappa shape index (κ2) is 9.58. The van der Waals surface area contributed by atoms with E-state index >= 15 is 0 Å². The molecule has 1 amide bonds. The molecule has 1 aliphatic heterocycles. The van der Waals surface area contributed by atoms with E-state index in [0.29, 0.717) is 26.2 Å². The second-order valence-electron chi connectivity index (χ2n) is 6.08. The van der Waals surface area contributed by atoms with Gasteiger partial charge in [0.1, 0.15) is 12.7 Å². The SMILES string of the molecule is O=C(NCCCCN1C[C@@H](O)C(O)[C@H](O)C1)OCc1ccccc1. The van der Waals surface area contributed by atoms with Gasteiger partial charge in [0.2, 0.25) is 0 Å². The summed E-state index contributed by atoms with van der Waals surface area (Å²) in [6.07, 6.45) is -1.76. The average molecular weight is 338 g/mol. The molecule has 1 fully saturated rings. The zero-order valence-electron chi connectivity index (χ0n) is 13.7. The number of hydrogen-bond acceptors (Lipinski definition) is 6. The van der Waals surface area contributed by atoms with Crippen LogP contribution in [-0.2, 0) is 11.3 Å². The third-order valence-corrected chi connectivity index (χ3v) is 4.06. The lowest BCUT2D eigenvalue weighted by atomic mass is 10.0. The Bertz CT molecular complexity index is 487. The van der Waals surface area contributed by atoms with Gasteiger partial charge in [-0.2, -0.15) is 0 Å². The Morgan fingerprint density at radius 2 is 1.79 bits per heavy atom. The van der Waals surface area contributed by atoms with Crippen molar-refractivity contribution in [1.29, 1.82) is 0 Å². The van der Waals surface area contributed by atoms with Gasteiger partial charge in [-0.15, -0.1) is 0 Å². The lowest BCUT2D eigenvalue weighted by Gasteiger charge is -2.36. The summed E-state index contributed by atoms with van der Waals surface area (Å²) in [6, 6.07) is 9.48. The first-order valence-corrected chi connectivity index (χ1v) is 8.27. The number of nitrogens with zero attached hydrogens (tertiary/aromatic N) is 1. The molecule has 24 heavy (non-hydrogen) atoms. The van der Waals surface area contributed by atoms with Crippen LogP contribution in [0.5, 0.6) is 0 Å². The third kappa shape index (κ3) is 6.09. The summed E-state index contributed by atoms with van der Waals surface area (Å²) >= 11 is 0. The highest BCUT2D eigenvalue weighted by atomic mass is 16.5. The van der Waals surface area contributed by atoms with Gasteiger partial charge in [-0.05, 0) is 24.9 Å². The molecule has 7 nitrogen and oxygen atoms in total. The van der Waals surface area contributed by atoms with Crippen LogP contribution in [0.2, 0.25) is 0 Å². The molecule has 1 heterocycles. The standard InChI is InChI=1S/C17H26N2O5/c20-14-10-19(11-15(21)16(14)22)9-5-4-8-18-17(23)24-12-13-6-2-1-3-7-13/h1-3,6-7,14-16,20-22H,4-5,8-12H2,(H,18,23)/t14-,15-/m1/s1. The molecular weight excluding hydrogens is 312 g/mol. The molecule has 134 valence electrons. The van der Waals surface area contributed by atoms with Crippen molar-refractivity contribution >= 4 is 6.09 Å². The highest BCUT2D eigenvalue weighted by Crippen LogP contribution is 2.12. The van der Waals surface area contributed by atoms with E-state index in [4.69, 9.17) is 4.74 Å². The minimum atomic E-state index is -1.07. The van der Waals surface area contributed by atoms with Crippen molar-refractivity contribution in [2.75, 3.05) is 26.2 Å². The number of piperidine rings is 1. The van der Waals surface area contributed by atoms with Gasteiger partial charge in [0.05, 0.1) is 12.2 Å². The van der Waals surface area contributed by atoms with Crippen LogP contribution in [-0.4, -0.2) is 70.8 Å². The summed E-state index contributed by atoms with van der Waals surface area (Å²) in [4.78, 5) is 13.5. The molecule has 0 aliphatic carbocycles. The van der Waals surface area contributed by atoms with Gasteiger partial charge in [0.15, 0.2) is 0 Å². The number of ether oxygens (including phenoxy) is 1. The quantitative estimate of drug-likeness (QED) is 0.526. The molecule has 0 unspecified atom stereocenters. The van der Waals surface area contributed by atoms with Crippen LogP contribution >= 0.6 is 0 Å². The summed E-state index contributed by atoms with van der Waals surface area (Å²) in [5.41, 5.74) is 0.942. The average Bonchev–Trinajstić information content (AvgIpc) is 2.58. The lowest BCUT2D eigenvalue weighted by Crippen LogP contribution is -2.55. The van der Waals surface area contributed by atoms with Crippen LogP contribution in [0.1, 0.15) is 18.4 Å². The maximum Gasteiger partial charge on any atom is 0.407 e. The van der Waals surface area contributed by atoms with Crippen LogP contribution in [0.25, 0.3) is 0 Å². The number of β-amino-alcohol motifs (C(OH)–C–C–N with tert-alkyl or cyclic N) is 2. The summed E-state index contributed by atoms with van der Waals surface area (Å²) < 4.78 is 5.11. The van der Waals surface area contributed by atoms with Crippen molar-refractivity contribution in [3.8, 4) is 0 Å². The normalized spacial score (nSPS) is 22.3. The first-order valence-electron chi connectivity index (χ1n) is 8.27. The molecule has 0 spiro atoms. The molecule has 1 saturated heterocycles. The molecule has 1 aromatic carbocycles. The summed E-state index contributed by atoms with van der Waals surface area (Å²) in [5, 5.41) is 31.4. The fourth-order valence-corrected chi connectivity index (χ4v) is 2.68. The number of carbonyl (C=O) groups is 1. The summed E-state index contributed by atoms with van der Waals surface area (Å²) in [6.45, 7) is 2.16. The number of nitrogens with one attached hydrogen (secondary N) is 1. The van der Waals surface area contributed by atoms with Crippen molar-refractivity contribution < 1.29 is 24.9 Å². The number of benzene rings is 1. The van der Waals surface area contributed by atoms with Crippen LogP contribution < -0.4 is 5.32 Å². The number of likely N-dealkylation sites (tertiary alicyclic amines) is 1. The smallest absolute Gasteiger partial charge is 0.407 e. The Morgan fingerprint density at radius 1 is 1.12 bits per heavy atom. The third-order valence-electron chi connectivity index (χ3n) is 4.06. The van der Waals surface area contributed by atoms with Gasteiger partial charge in [-0.1, -0.05) is 30.3 Å². The maximum atomic E-state index is 11.6. The lowest BCUT2D eigenvalue weighted by molar-refractivity contribution is -0.109. The number of carbonyl (C=O) groups excluding carboxylic acids is 1. The highest BCUT2D eigenvalue weighted by molar-refractivity contribution is 5.67. The van der Waals surface area contributed by atoms with Gasteiger partial charge in [-0.3, -0.25) is 4.90 Å². The van der Waals surface area contributed by atoms with Gasteiger partial charge in [-0.25, -0.2) is 4.79 Å². The molecule has 1 aromatic rings. The van der Waals surface area contributed by atoms with E-state index in [1.54, 1.807) is 0 Å². The summed E-state index contributed by atoms with van der Waals surface area (Å²) in [7, 11) is 0. The molecule has 0 aromatic heterocycles. The van der Waals surface area contributed by atoms with Gasteiger partial charge in [0, 0.05) is 19.6 Å². The zero-order valence-corrected chi connectivity index (χ0v) is 13.7. The van der Waals surface area contributed by atoms with E-state index in [1.165, 1.54) is 0 Å². The number of unbranched alkanes of at least 4 members (excludes halogenated alkanes) is 1. The van der Waals surface area contributed by atoms with E-state index in [0.717, 1.165) is 18.4 Å². The minimum Gasteiger partial charge on any atom is -0.445 e. The first-order chi connectivity index (χ1) is 11.6. The van der Waals surface area contributed by atoms with E-state index in [1.807, 2.05) is 35.2 Å². The van der Waals surface area contributed by atoms with E-state index < -0.39 is 24.4 Å². The fraction of sp³-hybridized carbons (Fsp3) is 0.588. The Morgan fingerprint density at radius 3 is 2.46 bits per heavy atom.